The van der Waals surface area contributed by atoms with E-state index in [4.69, 9.17) is 10.5 Å². The van der Waals surface area contributed by atoms with Crippen molar-refractivity contribution in [2.24, 2.45) is 17.1 Å². The molecule has 1 saturated carbocycles. The molecule has 0 bridgehead atoms. The fourth-order valence-electron chi connectivity index (χ4n) is 3.87. The summed E-state index contributed by atoms with van der Waals surface area (Å²) < 4.78 is 5.81. The first-order valence-corrected chi connectivity index (χ1v) is 8.05. The van der Waals surface area contributed by atoms with Crippen molar-refractivity contribution in [3.8, 4) is 0 Å². The van der Waals surface area contributed by atoms with Gasteiger partial charge in [0, 0.05) is 30.7 Å². The van der Waals surface area contributed by atoms with Crippen LogP contribution in [0.15, 0.2) is 0 Å². The third kappa shape index (κ3) is 2.84. The van der Waals surface area contributed by atoms with Crippen LogP contribution < -0.4 is 5.73 Å². The van der Waals surface area contributed by atoms with E-state index in [-0.39, 0.29) is 11.0 Å². The molecule has 2 N–H and O–H groups in total. The number of nitrogens with zero attached hydrogens (tertiary/aromatic N) is 1. The minimum Gasteiger partial charge on any atom is -0.378 e. The van der Waals surface area contributed by atoms with Gasteiger partial charge in [0.15, 0.2) is 0 Å². The molecule has 0 radical (unpaired) electrons. The van der Waals surface area contributed by atoms with Gasteiger partial charge in [0.2, 0.25) is 0 Å². The van der Waals surface area contributed by atoms with E-state index >= 15 is 0 Å². The van der Waals surface area contributed by atoms with Crippen molar-refractivity contribution >= 4 is 0 Å². The van der Waals surface area contributed by atoms with Gasteiger partial charge < -0.3 is 15.4 Å². The van der Waals surface area contributed by atoms with Crippen LogP contribution in [-0.4, -0.2) is 42.8 Å². The standard InChI is InChI=1S/C16H32N2O/c1-5-7-13-8-9-18(11-13)12-16(17)10-14(19-6-2)15(16,3)4/h13-14H,5-12,17H2,1-4H3. The Morgan fingerprint density at radius 1 is 1.32 bits per heavy atom. The molecule has 1 saturated heterocycles. The smallest absolute Gasteiger partial charge is 0.0662 e. The summed E-state index contributed by atoms with van der Waals surface area (Å²) in [5.41, 5.74) is 6.72. The van der Waals surface area contributed by atoms with E-state index in [1.807, 2.05) is 0 Å². The van der Waals surface area contributed by atoms with E-state index in [1.54, 1.807) is 0 Å². The first-order valence-electron chi connectivity index (χ1n) is 8.05. The molecular formula is C16H32N2O. The van der Waals surface area contributed by atoms with Crippen LogP contribution in [0.1, 0.15) is 53.4 Å². The molecule has 0 spiro atoms. The molecule has 1 aliphatic carbocycles. The van der Waals surface area contributed by atoms with Crippen molar-refractivity contribution in [2.75, 3.05) is 26.2 Å². The van der Waals surface area contributed by atoms with Gasteiger partial charge in [-0.15, -0.1) is 0 Å². The molecule has 19 heavy (non-hydrogen) atoms. The van der Waals surface area contributed by atoms with Gasteiger partial charge in [-0.2, -0.15) is 0 Å². The number of ether oxygens (including phenoxy) is 1. The Kier molecular flexibility index (Phi) is 4.59. The average Bonchev–Trinajstić information content (AvgIpc) is 2.77. The highest BCUT2D eigenvalue weighted by atomic mass is 16.5. The summed E-state index contributed by atoms with van der Waals surface area (Å²) in [6.07, 6.45) is 5.40. The maximum atomic E-state index is 6.68. The number of rotatable bonds is 6. The van der Waals surface area contributed by atoms with Gasteiger partial charge in [-0.05, 0) is 38.6 Å². The second-order valence-corrected chi connectivity index (χ2v) is 7.20. The quantitative estimate of drug-likeness (QED) is 0.805. The molecule has 0 aromatic heterocycles. The molecular weight excluding hydrogens is 236 g/mol. The lowest BCUT2D eigenvalue weighted by Gasteiger charge is -2.60. The second kappa shape index (κ2) is 5.71. The fraction of sp³-hybridized carbons (Fsp3) is 1.00. The van der Waals surface area contributed by atoms with E-state index in [0.717, 1.165) is 25.5 Å². The zero-order chi connectivity index (χ0) is 14.1. The van der Waals surface area contributed by atoms with Crippen molar-refractivity contribution in [1.29, 1.82) is 0 Å². The Labute approximate surface area is 118 Å². The Morgan fingerprint density at radius 3 is 2.63 bits per heavy atom. The topological polar surface area (TPSA) is 38.5 Å². The van der Waals surface area contributed by atoms with Crippen LogP contribution in [0, 0.1) is 11.3 Å². The SMILES string of the molecule is CCCC1CCN(CC2(N)CC(OCC)C2(C)C)C1. The third-order valence-corrected chi connectivity index (χ3v) is 5.58. The number of hydrogen-bond acceptors (Lipinski definition) is 3. The molecule has 0 aromatic rings. The van der Waals surface area contributed by atoms with Crippen LogP contribution in [0.3, 0.4) is 0 Å². The van der Waals surface area contributed by atoms with Crippen LogP contribution in [0.2, 0.25) is 0 Å². The molecule has 2 fully saturated rings. The minimum absolute atomic E-state index is 0.0616. The maximum absolute atomic E-state index is 6.68. The lowest BCUT2D eigenvalue weighted by Crippen LogP contribution is -2.73. The molecule has 0 amide bonds. The molecule has 1 heterocycles. The zero-order valence-corrected chi connectivity index (χ0v) is 13.2. The Balaban J connectivity index is 1.86. The Morgan fingerprint density at radius 2 is 2.05 bits per heavy atom. The van der Waals surface area contributed by atoms with E-state index in [9.17, 15) is 0 Å². The summed E-state index contributed by atoms with van der Waals surface area (Å²) in [6, 6.07) is 0. The lowest BCUT2D eigenvalue weighted by atomic mass is 9.54. The van der Waals surface area contributed by atoms with Gasteiger partial charge in [0.05, 0.1) is 6.10 Å². The monoisotopic (exact) mass is 268 g/mol. The third-order valence-electron chi connectivity index (χ3n) is 5.58. The van der Waals surface area contributed by atoms with Crippen molar-refractivity contribution in [3.63, 3.8) is 0 Å². The summed E-state index contributed by atoms with van der Waals surface area (Å²) in [5.74, 6) is 0.902. The predicted octanol–water partition coefficient (Wildman–Crippen LogP) is 2.64. The maximum Gasteiger partial charge on any atom is 0.0662 e. The summed E-state index contributed by atoms with van der Waals surface area (Å²) in [6.45, 7) is 13.2. The van der Waals surface area contributed by atoms with Gasteiger partial charge >= 0.3 is 0 Å². The van der Waals surface area contributed by atoms with Gasteiger partial charge in [-0.3, -0.25) is 0 Å². The molecule has 1 aliphatic heterocycles. The van der Waals surface area contributed by atoms with E-state index < -0.39 is 0 Å². The van der Waals surface area contributed by atoms with Crippen molar-refractivity contribution < 1.29 is 4.74 Å². The molecule has 3 heteroatoms. The molecule has 112 valence electrons. The fourth-order valence-corrected chi connectivity index (χ4v) is 3.87. The first kappa shape index (κ1) is 15.3. The number of nitrogens with two attached hydrogens (primary N) is 1. The van der Waals surface area contributed by atoms with Gasteiger partial charge in [-0.25, -0.2) is 0 Å². The number of hydrogen-bond donors (Lipinski definition) is 1. The molecule has 3 unspecified atom stereocenters. The number of likely N-dealkylation sites (tertiary alicyclic amines) is 1. The van der Waals surface area contributed by atoms with Crippen molar-refractivity contribution in [1.82, 2.24) is 4.90 Å². The normalized spacial score (nSPS) is 38.4. The Hall–Kier alpha value is -0.120. The van der Waals surface area contributed by atoms with Crippen LogP contribution in [0.5, 0.6) is 0 Å². The molecule has 2 aliphatic rings. The molecule has 3 atom stereocenters. The molecule has 3 nitrogen and oxygen atoms in total. The zero-order valence-electron chi connectivity index (χ0n) is 13.2. The van der Waals surface area contributed by atoms with Gasteiger partial charge in [-0.1, -0.05) is 27.2 Å². The highest BCUT2D eigenvalue weighted by Crippen LogP contribution is 2.50. The largest absolute Gasteiger partial charge is 0.378 e. The van der Waals surface area contributed by atoms with E-state index in [0.29, 0.717) is 6.10 Å². The van der Waals surface area contributed by atoms with Gasteiger partial charge in [0.25, 0.3) is 0 Å². The van der Waals surface area contributed by atoms with E-state index in [1.165, 1.54) is 32.4 Å². The molecule has 0 aromatic carbocycles. The van der Waals surface area contributed by atoms with Crippen LogP contribution in [0.4, 0.5) is 0 Å². The summed E-state index contributed by atoms with van der Waals surface area (Å²) in [7, 11) is 0. The minimum atomic E-state index is -0.0616. The van der Waals surface area contributed by atoms with Crippen molar-refractivity contribution in [2.45, 2.75) is 65.0 Å². The average molecular weight is 268 g/mol. The predicted molar refractivity (Wildman–Crippen MR) is 80.2 cm³/mol. The van der Waals surface area contributed by atoms with E-state index in [2.05, 4.69) is 32.6 Å². The summed E-state index contributed by atoms with van der Waals surface area (Å²) >= 11 is 0. The van der Waals surface area contributed by atoms with Gasteiger partial charge in [0.1, 0.15) is 0 Å². The van der Waals surface area contributed by atoms with Crippen LogP contribution in [0.25, 0.3) is 0 Å². The first-order chi connectivity index (χ1) is 8.93. The highest BCUT2D eigenvalue weighted by molar-refractivity contribution is 5.15. The Bertz CT molecular complexity index is 305. The molecule has 2 rings (SSSR count). The summed E-state index contributed by atoms with van der Waals surface area (Å²) in [4.78, 5) is 2.59. The highest BCUT2D eigenvalue weighted by Gasteiger charge is 2.58. The van der Waals surface area contributed by atoms with Crippen LogP contribution in [-0.2, 0) is 4.74 Å². The second-order valence-electron chi connectivity index (χ2n) is 7.20. The van der Waals surface area contributed by atoms with Crippen LogP contribution >= 0.6 is 0 Å². The van der Waals surface area contributed by atoms with Crippen molar-refractivity contribution in [3.05, 3.63) is 0 Å². The summed E-state index contributed by atoms with van der Waals surface area (Å²) in [5, 5.41) is 0. The lowest BCUT2D eigenvalue weighted by molar-refractivity contribution is -0.155.